The summed E-state index contributed by atoms with van der Waals surface area (Å²) in [4.78, 5) is 12.5. The second-order valence-corrected chi connectivity index (χ2v) is 6.37. The quantitative estimate of drug-likeness (QED) is 0.900. The zero-order valence-corrected chi connectivity index (χ0v) is 14.4. The van der Waals surface area contributed by atoms with E-state index >= 15 is 0 Å². The number of amides is 1. The molecule has 1 aliphatic rings. The Morgan fingerprint density at radius 2 is 2.25 bits per heavy atom. The minimum Gasteiger partial charge on any atom is -0.494 e. The topological polar surface area (TPSA) is 68.2 Å². The molecule has 2 aromatic rings. The van der Waals surface area contributed by atoms with E-state index in [9.17, 15) is 4.79 Å². The second-order valence-electron chi connectivity index (χ2n) is 6.37. The lowest BCUT2D eigenvalue weighted by atomic mass is 9.95. The van der Waals surface area contributed by atoms with Gasteiger partial charge in [-0.05, 0) is 56.1 Å². The molecule has 128 valence electrons. The first-order chi connectivity index (χ1) is 11.6. The van der Waals surface area contributed by atoms with Crippen LogP contribution >= 0.6 is 0 Å². The van der Waals surface area contributed by atoms with Crippen molar-refractivity contribution in [2.24, 2.45) is 5.92 Å². The number of ether oxygens (including phenoxy) is 1. The standard InChI is InChI=1S/C18H24N4O2/c1-12-4-5-17(24-3)16(10-12)22-9-7-15(21-22)18(23)20-14-6-8-19-11-13(14)2/h4-5,7,9-10,13-14,19H,6,8,11H2,1-3H3,(H,20,23). The summed E-state index contributed by atoms with van der Waals surface area (Å²) in [7, 11) is 1.63. The van der Waals surface area contributed by atoms with Crippen LogP contribution in [0.2, 0.25) is 0 Å². The first kappa shape index (κ1) is 16.5. The van der Waals surface area contributed by atoms with Gasteiger partial charge < -0.3 is 15.4 Å². The molecule has 0 spiro atoms. The number of hydrogen-bond donors (Lipinski definition) is 2. The summed E-state index contributed by atoms with van der Waals surface area (Å²) in [5.41, 5.74) is 2.35. The Labute approximate surface area is 142 Å². The van der Waals surface area contributed by atoms with Crippen molar-refractivity contribution in [1.29, 1.82) is 0 Å². The highest BCUT2D eigenvalue weighted by Gasteiger charge is 2.24. The first-order valence-corrected chi connectivity index (χ1v) is 8.30. The molecule has 24 heavy (non-hydrogen) atoms. The molecule has 0 aliphatic carbocycles. The van der Waals surface area contributed by atoms with Crippen molar-refractivity contribution in [3.8, 4) is 11.4 Å². The molecule has 6 heteroatoms. The summed E-state index contributed by atoms with van der Waals surface area (Å²) in [6, 6.07) is 7.81. The van der Waals surface area contributed by atoms with Gasteiger partial charge in [-0.25, -0.2) is 4.68 Å². The molecule has 2 unspecified atom stereocenters. The lowest BCUT2D eigenvalue weighted by molar-refractivity contribution is 0.0908. The van der Waals surface area contributed by atoms with Gasteiger partial charge in [-0.3, -0.25) is 4.79 Å². The average molecular weight is 328 g/mol. The van der Waals surface area contributed by atoms with Gasteiger partial charge in [0.2, 0.25) is 0 Å². The third-order valence-electron chi connectivity index (χ3n) is 4.50. The summed E-state index contributed by atoms with van der Waals surface area (Å²) >= 11 is 0. The van der Waals surface area contributed by atoms with Crippen LogP contribution in [0.4, 0.5) is 0 Å². The maximum atomic E-state index is 12.5. The summed E-state index contributed by atoms with van der Waals surface area (Å²) in [6.07, 6.45) is 2.73. The zero-order chi connectivity index (χ0) is 17.1. The highest BCUT2D eigenvalue weighted by molar-refractivity contribution is 5.92. The fourth-order valence-electron chi connectivity index (χ4n) is 3.03. The zero-order valence-electron chi connectivity index (χ0n) is 14.4. The van der Waals surface area contributed by atoms with Gasteiger partial charge >= 0.3 is 0 Å². The number of aromatic nitrogens is 2. The van der Waals surface area contributed by atoms with Gasteiger partial charge in [0.15, 0.2) is 5.69 Å². The summed E-state index contributed by atoms with van der Waals surface area (Å²) in [5.74, 6) is 1.02. The molecular weight excluding hydrogens is 304 g/mol. The molecular formula is C18H24N4O2. The van der Waals surface area contributed by atoms with Crippen molar-refractivity contribution < 1.29 is 9.53 Å². The molecule has 1 aromatic heterocycles. The van der Waals surface area contributed by atoms with Crippen molar-refractivity contribution in [2.45, 2.75) is 26.3 Å². The largest absolute Gasteiger partial charge is 0.494 e. The van der Waals surface area contributed by atoms with Crippen molar-refractivity contribution in [3.63, 3.8) is 0 Å². The molecule has 2 heterocycles. The monoisotopic (exact) mass is 328 g/mol. The Morgan fingerprint density at radius 1 is 1.42 bits per heavy atom. The number of benzene rings is 1. The minimum absolute atomic E-state index is 0.126. The van der Waals surface area contributed by atoms with Crippen LogP contribution in [0, 0.1) is 12.8 Å². The van der Waals surface area contributed by atoms with Gasteiger partial charge in [-0.15, -0.1) is 0 Å². The van der Waals surface area contributed by atoms with Crippen molar-refractivity contribution in [1.82, 2.24) is 20.4 Å². The number of carbonyl (C=O) groups excluding carboxylic acids is 1. The van der Waals surface area contributed by atoms with Gasteiger partial charge in [0.05, 0.1) is 7.11 Å². The van der Waals surface area contributed by atoms with E-state index in [1.807, 2.05) is 25.1 Å². The average Bonchev–Trinajstić information content (AvgIpc) is 3.07. The first-order valence-electron chi connectivity index (χ1n) is 8.30. The number of rotatable bonds is 4. The van der Waals surface area contributed by atoms with Crippen LogP contribution in [0.3, 0.4) is 0 Å². The fourth-order valence-corrected chi connectivity index (χ4v) is 3.03. The van der Waals surface area contributed by atoms with E-state index in [-0.39, 0.29) is 11.9 Å². The highest BCUT2D eigenvalue weighted by Crippen LogP contribution is 2.23. The SMILES string of the molecule is COc1ccc(C)cc1-n1ccc(C(=O)NC2CCNCC2C)n1. The number of nitrogens with one attached hydrogen (secondary N) is 2. The predicted octanol–water partition coefficient (Wildman–Crippen LogP) is 1.92. The molecule has 2 N–H and O–H groups in total. The van der Waals surface area contributed by atoms with E-state index < -0.39 is 0 Å². The summed E-state index contributed by atoms with van der Waals surface area (Å²) < 4.78 is 7.08. The Balaban J connectivity index is 1.78. The molecule has 0 radical (unpaired) electrons. The number of nitrogens with zero attached hydrogens (tertiary/aromatic N) is 2. The molecule has 2 atom stereocenters. The maximum Gasteiger partial charge on any atom is 0.272 e. The van der Waals surface area contributed by atoms with Gasteiger partial charge in [0.25, 0.3) is 5.91 Å². The van der Waals surface area contributed by atoms with Crippen LogP contribution in [0.15, 0.2) is 30.5 Å². The van der Waals surface area contributed by atoms with E-state index in [1.165, 1.54) is 0 Å². The molecule has 1 fully saturated rings. The summed E-state index contributed by atoms with van der Waals surface area (Å²) in [5, 5.41) is 10.9. The van der Waals surface area contributed by atoms with Crippen LogP contribution in [0.25, 0.3) is 5.69 Å². The number of methoxy groups -OCH3 is 1. The van der Waals surface area contributed by atoms with Crippen molar-refractivity contribution >= 4 is 5.91 Å². The molecule has 3 rings (SSSR count). The molecule has 1 amide bonds. The van der Waals surface area contributed by atoms with E-state index in [0.717, 1.165) is 36.5 Å². The normalized spacial score (nSPS) is 20.6. The molecule has 0 saturated carbocycles. The second kappa shape index (κ2) is 7.05. The van der Waals surface area contributed by atoms with Crippen LogP contribution in [0.1, 0.15) is 29.4 Å². The molecule has 1 aliphatic heterocycles. The Kier molecular flexibility index (Phi) is 4.85. The minimum atomic E-state index is -0.126. The summed E-state index contributed by atoms with van der Waals surface area (Å²) in [6.45, 7) is 6.02. The van der Waals surface area contributed by atoms with E-state index in [2.05, 4.69) is 22.7 Å². The van der Waals surface area contributed by atoms with Crippen LogP contribution in [0.5, 0.6) is 5.75 Å². The van der Waals surface area contributed by atoms with Crippen LogP contribution in [-0.4, -0.2) is 41.9 Å². The number of hydrogen-bond acceptors (Lipinski definition) is 4. The molecule has 1 aromatic carbocycles. The number of aryl methyl sites for hydroxylation is 1. The van der Waals surface area contributed by atoms with Crippen molar-refractivity contribution in [2.75, 3.05) is 20.2 Å². The molecule has 0 bridgehead atoms. The van der Waals surface area contributed by atoms with Gasteiger partial charge in [-0.1, -0.05) is 13.0 Å². The van der Waals surface area contributed by atoms with E-state index in [4.69, 9.17) is 4.74 Å². The number of carbonyl (C=O) groups is 1. The predicted molar refractivity (Wildman–Crippen MR) is 92.8 cm³/mol. The van der Waals surface area contributed by atoms with Gasteiger partial charge in [-0.2, -0.15) is 5.10 Å². The van der Waals surface area contributed by atoms with Crippen molar-refractivity contribution in [3.05, 3.63) is 41.7 Å². The highest BCUT2D eigenvalue weighted by atomic mass is 16.5. The Bertz CT molecular complexity index is 726. The Hall–Kier alpha value is -2.34. The van der Waals surface area contributed by atoms with Crippen LogP contribution < -0.4 is 15.4 Å². The van der Waals surface area contributed by atoms with Gasteiger partial charge in [0.1, 0.15) is 11.4 Å². The third-order valence-corrected chi connectivity index (χ3v) is 4.50. The Morgan fingerprint density at radius 3 is 3.00 bits per heavy atom. The van der Waals surface area contributed by atoms with E-state index in [0.29, 0.717) is 11.6 Å². The fraction of sp³-hybridized carbons (Fsp3) is 0.444. The molecule has 1 saturated heterocycles. The maximum absolute atomic E-state index is 12.5. The lowest BCUT2D eigenvalue weighted by Gasteiger charge is -2.29. The molecule has 6 nitrogen and oxygen atoms in total. The van der Waals surface area contributed by atoms with E-state index in [1.54, 1.807) is 24.1 Å². The van der Waals surface area contributed by atoms with Gasteiger partial charge in [0, 0.05) is 12.2 Å². The van der Waals surface area contributed by atoms with Crippen LogP contribution in [-0.2, 0) is 0 Å². The number of piperidine rings is 1. The lowest BCUT2D eigenvalue weighted by Crippen LogP contribution is -2.48. The smallest absolute Gasteiger partial charge is 0.272 e. The third kappa shape index (κ3) is 3.43.